The molecule has 0 aromatic heterocycles. The molecule has 0 saturated carbocycles. The normalized spacial score (nSPS) is 14.2. The molecule has 0 saturated heterocycles. The van der Waals surface area contributed by atoms with Gasteiger partial charge >= 0.3 is 11.9 Å². The molecule has 2 atom stereocenters. The predicted octanol–water partition coefficient (Wildman–Crippen LogP) is 1.21. The van der Waals surface area contributed by atoms with Gasteiger partial charge in [-0.25, -0.2) is 9.59 Å². The number of benzene rings is 1. The van der Waals surface area contributed by atoms with Crippen LogP contribution in [0.25, 0.3) is 0 Å². The SMILES string of the molecule is COC(=O)C(O)C(O)c1cccc(C(=O)OC(C)(C)C)c1. The van der Waals surface area contributed by atoms with E-state index in [9.17, 15) is 19.8 Å². The van der Waals surface area contributed by atoms with Crippen LogP contribution in [0.3, 0.4) is 0 Å². The van der Waals surface area contributed by atoms with Crippen molar-refractivity contribution in [2.45, 2.75) is 38.6 Å². The molecule has 6 nitrogen and oxygen atoms in total. The zero-order valence-electron chi connectivity index (χ0n) is 12.5. The molecule has 0 fully saturated rings. The van der Waals surface area contributed by atoms with Gasteiger partial charge in [-0.3, -0.25) is 0 Å². The Hall–Kier alpha value is -1.92. The summed E-state index contributed by atoms with van der Waals surface area (Å²) in [7, 11) is 1.11. The lowest BCUT2D eigenvalue weighted by atomic mass is 10.0. The third-order valence-corrected chi connectivity index (χ3v) is 2.60. The number of methoxy groups -OCH3 is 1. The number of aliphatic hydroxyl groups is 2. The van der Waals surface area contributed by atoms with E-state index in [-0.39, 0.29) is 11.1 Å². The van der Waals surface area contributed by atoms with Crippen molar-refractivity contribution in [2.24, 2.45) is 0 Å². The maximum atomic E-state index is 11.9. The van der Waals surface area contributed by atoms with Crippen molar-refractivity contribution in [1.29, 1.82) is 0 Å². The summed E-state index contributed by atoms with van der Waals surface area (Å²) in [6.07, 6.45) is -3.20. The first-order chi connectivity index (χ1) is 9.65. The van der Waals surface area contributed by atoms with Crippen LogP contribution in [-0.2, 0) is 14.3 Å². The summed E-state index contributed by atoms with van der Waals surface area (Å²) in [4.78, 5) is 23.1. The van der Waals surface area contributed by atoms with Crippen LogP contribution in [0, 0.1) is 0 Å². The minimum absolute atomic E-state index is 0.219. The Labute approximate surface area is 123 Å². The molecule has 1 aromatic rings. The van der Waals surface area contributed by atoms with Gasteiger partial charge in [-0.2, -0.15) is 0 Å². The third-order valence-electron chi connectivity index (χ3n) is 2.60. The quantitative estimate of drug-likeness (QED) is 0.811. The van der Waals surface area contributed by atoms with Gasteiger partial charge in [-0.15, -0.1) is 0 Å². The molecular weight excluding hydrogens is 276 g/mol. The number of carbonyl (C=O) groups excluding carboxylic acids is 2. The van der Waals surface area contributed by atoms with Crippen molar-refractivity contribution in [3.8, 4) is 0 Å². The van der Waals surface area contributed by atoms with Gasteiger partial charge in [0.25, 0.3) is 0 Å². The van der Waals surface area contributed by atoms with Crippen molar-refractivity contribution in [3.05, 3.63) is 35.4 Å². The van der Waals surface area contributed by atoms with Crippen LogP contribution < -0.4 is 0 Å². The van der Waals surface area contributed by atoms with Crippen LogP contribution in [-0.4, -0.2) is 41.0 Å². The van der Waals surface area contributed by atoms with Crippen LogP contribution >= 0.6 is 0 Å². The first kappa shape index (κ1) is 17.1. The van der Waals surface area contributed by atoms with Crippen molar-refractivity contribution in [2.75, 3.05) is 7.11 Å². The van der Waals surface area contributed by atoms with E-state index in [1.807, 2.05) is 0 Å². The molecule has 116 valence electrons. The summed E-state index contributed by atoms with van der Waals surface area (Å²) in [6, 6.07) is 5.91. The number of ether oxygens (including phenoxy) is 2. The first-order valence-corrected chi connectivity index (χ1v) is 6.43. The smallest absolute Gasteiger partial charge is 0.338 e. The van der Waals surface area contributed by atoms with Gasteiger partial charge in [0.1, 0.15) is 11.7 Å². The lowest BCUT2D eigenvalue weighted by Gasteiger charge is -2.20. The molecule has 0 aliphatic rings. The summed E-state index contributed by atoms with van der Waals surface area (Å²) < 4.78 is 9.57. The van der Waals surface area contributed by atoms with Crippen LogP contribution in [0.1, 0.15) is 42.8 Å². The Morgan fingerprint density at radius 1 is 1.19 bits per heavy atom. The van der Waals surface area contributed by atoms with Gasteiger partial charge in [-0.1, -0.05) is 12.1 Å². The van der Waals surface area contributed by atoms with Gasteiger partial charge in [-0.05, 0) is 38.5 Å². The molecule has 1 rings (SSSR count). The number of carbonyl (C=O) groups is 2. The highest BCUT2D eigenvalue weighted by molar-refractivity contribution is 5.90. The minimum atomic E-state index is -1.72. The second-order valence-electron chi connectivity index (χ2n) is 5.54. The average Bonchev–Trinajstić information content (AvgIpc) is 2.43. The molecule has 1 aromatic carbocycles. The van der Waals surface area contributed by atoms with Crippen molar-refractivity contribution < 1.29 is 29.3 Å². The van der Waals surface area contributed by atoms with Crippen LogP contribution in [0.5, 0.6) is 0 Å². The molecule has 2 N–H and O–H groups in total. The maximum absolute atomic E-state index is 11.9. The second-order valence-corrected chi connectivity index (χ2v) is 5.54. The first-order valence-electron chi connectivity index (χ1n) is 6.43. The van der Waals surface area contributed by atoms with Crippen molar-refractivity contribution in [1.82, 2.24) is 0 Å². The highest BCUT2D eigenvalue weighted by atomic mass is 16.6. The molecule has 21 heavy (non-hydrogen) atoms. The van der Waals surface area contributed by atoms with E-state index in [4.69, 9.17) is 4.74 Å². The summed E-state index contributed by atoms with van der Waals surface area (Å²) in [5.41, 5.74) is -0.202. The van der Waals surface area contributed by atoms with E-state index in [0.717, 1.165) is 7.11 Å². The molecular formula is C15H20O6. The van der Waals surface area contributed by atoms with Gasteiger partial charge in [0.05, 0.1) is 12.7 Å². The standard InChI is InChI=1S/C15H20O6/c1-15(2,3)21-13(18)10-7-5-6-9(8-10)11(16)12(17)14(19)20-4/h5-8,11-12,16-17H,1-4H3. The number of aliphatic hydroxyl groups excluding tert-OH is 2. The molecule has 0 spiro atoms. The third kappa shape index (κ3) is 4.84. The predicted molar refractivity (Wildman–Crippen MR) is 74.6 cm³/mol. The van der Waals surface area contributed by atoms with Crippen LogP contribution in [0.15, 0.2) is 24.3 Å². The summed E-state index contributed by atoms with van der Waals surface area (Å²) in [6.45, 7) is 5.22. The fraction of sp³-hybridized carbons (Fsp3) is 0.467. The number of rotatable bonds is 4. The highest BCUT2D eigenvalue weighted by Gasteiger charge is 2.27. The van der Waals surface area contributed by atoms with E-state index >= 15 is 0 Å². The number of esters is 2. The highest BCUT2D eigenvalue weighted by Crippen LogP contribution is 2.20. The fourth-order valence-electron chi connectivity index (χ4n) is 1.62. The van der Waals surface area contributed by atoms with Gasteiger partial charge in [0.2, 0.25) is 0 Å². The monoisotopic (exact) mass is 296 g/mol. The van der Waals surface area contributed by atoms with Crippen LogP contribution in [0.2, 0.25) is 0 Å². The van der Waals surface area contributed by atoms with E-state index in [0.29, 0.717) is 0 Å². The summed E-state index contributed by atoms with van der Waals surface area (Å²) in [5, 5.41) is 19.5. The van der Waals surface area contributed by atoms with E-state index < -0.39 is 29.7 Å². The van der Waals surface area contributed by atoms with Gasteiger partial charge in [0, 0.05) is 0 Å². The average molecular weight is 296 g/mol. The molecule has 0 radical (unpaired) electrons. The minimum Gasteiger partial charge on any atom is -0.467 e. The van der Waals surface area contributed by atoms with Crippen LogP contribution in [0.4, 0.5) is 0 Å². The lowest BCUT2D eigenvalue weighted by Crippen LogP contribution is -2.29. The fourth-order valence-corrected chi connectivity index (χ4v) is 1.62. The molecule has 0 bridgehead atoms. The molecule has 6 heteroatoms. The van der Waals surface area contributed by atoms with Gasteiger partial charge < -0.3 is 19.7 Å². The zero-order valence-corrected chi connectivity index (χ0v) is 12.5. The summed E-state index contributed by atoms with van der Waals surface area (Å²) >= 11 is 0. The van der Waals surface area contributed by atoms with E-state index in [1.54, 1.807) is 20.8 Å². The molecule has 0 heterocycles. The molecule has 0 aliphatic heterocycles. The largest absolute Gasteiger partial charge is 0.467 e. The summed E-state index contributed by atoms with van der Waals surface area (Å²) in [5.74, 6) is -1.51. The van der Waals surface area contributed by atoms with E-state index in [1.165, 1.54) is 24.3 Å². The van der Waals surface area contributed by atoms with Gasteiger partial charge in [0.15, 0.2) is 6.10 Å². The van der Waals surface area contributed by atoms with E-state index in [2.05, 4.69) is 4.74 Å². The maximum Gasteiger partial charge on any atom is 0.338 e. The molecule has 0 amide bonds. The molecule has 2 unspecified atom stereocenters. The number of hydrogen-bond donors (Lipinski definition) is 2. The topological polar surface area (TPSA) is 93.1 Å². The van der Waals surface area contributed by atoms with Crippen molar-refractivity contribution >= 4 is 11.9 Å². The second kappa shape index (κ2) is 6.69. The Balaban J connectivity index is 2.95. The Morgan fingerprint density at radius 3 is 2.33 bits per heavy atom. The Bertz CT molecular complexity index is 517. The Kier molecular flexibility index (Phi) is 5.46. The Morgan fingerprint density at radius 2 is 1.81 bits per heavy atom. The zero-order chi connectivity index (χ0) is 16.2. The number of hydrogen-bond acceptors (Lipinski definition) is 6. The molecule has 0 aliphatic carbocycles. The van der Waals surface area contributed by atoms with Crippen molar-refractivity contribution in [3.63, 3.8) is 0 Å². The lowest BCUT2D eigenvalue weighted by molar-refractivity contribution is -0.156.